The Morgan fingerprint density at radius 3 is 2.60 bits per heavy atom. The number of hydrogen-bond acceptors (Lipinski definition) is 3. The molecule has 0 radical (unpaired) electrons. The molecular formula is C17H29N3. The highest BCUT2D eigenvalue weighted by molar-refractivity contribution is 5.39. The molecule has 1 saturated heterocycles. The van der Waals surface area contributed by atoms with Crippen LogP contribution in [0.3, 0.4) is 0 Å². The van der Waals surface area contributed by atoms with Crippen molar-refractivity contribution in [2.24, 2.45) is 11.8 Å². The van der Waals surface area contributed by atoms with E-state index in [-0.39, 0.29) is 0 Å². The number of nitrogens with zero attached hydrogens (tertiary/aromatic N) is 2. The number of nitrogens with one attached hydrogen (secondary N) is 1. The molecule has 0 bridgehead atoms. The summed E-state index contributed by atoms with van der Waals surface area (Å²) in [6, 6.07) is 4.75. The van der Waals surface area contributed by atoms with E-state index in [1.807, 2.05) is 13.2 Å². The molecule has 2 atom stereocenters. The number of aromatic nitrogens is 1. The first-order chi connectivity index (χ1) is 9.61. The van der Waals surface area contributed by atoms with E-state index in [2.05, 4.69) is 48.1 Å². The van der Waals surface area contributed by atoms with Crippen LogP contribution in [-0.4, -0.2) is 25.1 Å². The lowest BCUT2D eigenvalue weighted by Gasteiger charge is -2.23. The van der Waals surface area contributed by atoms with Gasteiger partial charge in [-0.2, -0.15) is 0 Å². The number of anilines is 1. The summed E-state index contributed by atoms with van der Waals surface area (Å²) in [5.41, 5.74) is 1.26. The molecule has 1 aromatic heterocycles. The second-order valence-electron chi connectivity index (χ2n) is 6.38. The van der Waals surface area contributed by atoms with Crippen LogP contribution in [0.25, 0.3) is 0 Å². The van der Waals surface area contributed by atoms with Crippen LogP contribution in [0.1, 0.15) is 51.6 Å². The van der Waals surface area contributed by atoms with Crippen molar-refractivity contribution < 1.29 is 0 Å². The largest absolute Gasteiger partial charge is 0.357 e. The SMILES string of the molecule is CNC(C)c1ccc(N2CCCC(C(C)C)CC2)nc1. The summed E-state index contributed by atoms with van der Waals surface area (Å²) in [7, 11) is 1.99. The predicted octanol–water partition coefficient (Wildman–Crippen LogP) is 3.62. The normalized spacial score (nSPS) is 21.9. The van der Waals surface area contributed by atoms with E-state index in [1.54, 1.807) is 0 Å². The first kappa shape index (κ1) is 15.3. The van der Waals surface area contributed by atoms with Crippen LogP contribution in [0, 0.1) is 11.8 Å². The van der Waals surface area contributed by atoms with Gasteiger partial charge in [0.15, 0.2) is 0 Å². The predicted molar refractivity (Wildman–Crippen MR) is 86.1 cm³/mol. The minimum Gasteiger partial charge on any atom is -0.357 e. The fraction of sp³-hybridized carbons (Fsp3) is 0.706. The van der Waals surface area contributed by atoms with Crippen molar-refractivity contribution in [1.29, 1.82) is 0 Å². The molecule has 2 heterocycles. The molecule has 3 nitrogen and oxygen atoms in total. The second-order valence-corrected chi connectivity index (χ2v) is 6.38. The molecular weight excluding hydrogens is 246 g/mol. The van der Waals surface area contributed by atoms with E-state index in [0.717, 1.165) is 30.7 Å². The molecule has 0 amide bonds. The first-order valence-corrected chi connectivity index (χ1v) is 8.00. The van der Waals surface area contributed by atoms with Crippen LogP contribution in [0.2, 0.25) is 0 Å². The molecule has 0 saturated carbocycles. The molecule has 3 heteroatoms. The minimum atomic E-state index is 0.367. The molecule has 0 aliphatic carbocycles. The van der Waals surface area contributed by atoms with Crippen LogP contribution in [-0.2, 0) is 0 Å². The highest BCUT2D eigenvalue weighted by Crippen LogP contribution is 2.26. The summed E-state index contributed by atoms with van der Waals surface area (Å²) < 4.78 is 0. The quantitative estimate of drug-likeness (QED) is 0.909. The van der Waals surface area contributed by atoms with E-state index >= 15 is 0 Å². The molecule has 0 spiro atoms. The maximum Gasteiger partial charge on any atom is 0.128 e. The van der Waals surface area contributed by atoms with E-state index in [1.165, 1.54) is 24.8 Å². The minimum absolute atomic E-state index is 0.367. The summed E-state index contributed by atoms with van der Waals surface area (Å²) in [6.45, 7) is 9.17. The Hall–Kier alpha value is -1.09. The van der Waals surface area contributed by atoms with Gasteiger partial charge in [-0.05, 0) is 56.7 Å². The Balaban J connectivity index is 2.01. The van der Waals surface area contributed by atoms with E-state index in [9.17, 15) is 0 Å². The Kier molecular flexibility index (Phi) is 5.41. The van der Waals surface area contributed by atoms with Crippen molar-refractivity contribution in [2.75, 3.05) is 25.0 Å². The molecule has 1 aliphatic heterocycles. The van der Waals surface area contributed by atoms with Gasteiger partial charge in [-0.25, -0.2) is 4.98 Å². The smallest absolute Gasteiger partial charge is 0.128 e. The Morgan fingerprint density at radius 1 is 1.20 bits per heavy atom. The number of hydrogen-bond donors (Lipinski definition) is 1. The van der Waals surface area contributed by atoms with Crippen LogP contribution >= 0.6 is 0 Å². The average molecular weight is 275 g/mol. The molecule has 2 rings (SSSR count). The molecule has 1 N–H and O–H groups in total. The standard InChI is InChI=1S/C17H29N3/c1-13(2)15-6-5-10-20(11-9-15)17-8-7-16(12-19-17)14(3)18-4/h7-8,12-15,18H,5-6,9-11H2,1-4H3. The maximum atomic E-state index is 4.67. The van der Waals surface area contributed by atoms with Gasteiger partial charge in [-0.1, -0.05) is 19.9 Å². The van der Waals surface area contributed by atoms with Gasteiger partial charge < -0.3 is 10.2 Å². The third kappa shape index (κ3) is 3.72. The third-order valence-electron chi connectivity index (χ3n) is 4.74. The number of rotatable bonds is 4. The number of pyridine rings is 1. The van der Waals surface area contributed by atoms with Crippen LogP contribution in [0.15, 0.2) is 18.3 Å². The van der Waals surface area contributed by atoms with Crippen molar-refractivity contribution in [3.05, 3.63) is 23.9 Å². The Bertz CT molecular complexity index is 399. The fourth-order valence-corrected chi connectivity index (χ4v) is 3.03. The third-order valence-corrected chi connectivity index (χ3v) is 4.74. The Morgan fingerprint density at radius 2 is 2.00 bits per heavy atom. The summed E-state index contributed by atoms with van der Waals surface area (Å²) >= 11 is 0. The lowest BCUT2D eigenvalue weighted by atomic mass is 9.89. The Labute approximate surface area is 123 Å². The zero-order chi connectivity index (χ0) is 14.5. The average Bonchev–Trinajstić information content (AvgIpc) is 2.72. The van der Waals surface area contributed by atoms with Gasteiger partial charge in [-0.3, -0.25) is 0 Å². The van der Waals surface area contributed by atoms with Crippen molar-refractivity contribution in [3.63, 3.8) is 0 Å². The van der Waals surface area contributed by atoms with Gasteiger partial charge in [0.2, 0.25) is 0 Å². The fourth-order valence-electron chi connectivity index (χ4n) is 3.03. The summed E-state index contributed by atoms with van der Waals surface area (Å²) in [5.74, 6) is 2.83. The van der Waals surface area contributed by atoms with Gasteiger partial charge in [-0.15, -0.1) is 0 Å². The topological polar surface area (TPSA) is 28.2 Å². The summed E-state index contributed by atoms with van der Waals surface area (Å²) in [4.78, 5) is 7.12. The molecule has 2 unspecified atom stereocenters. The van der Waals surface area contributed by atoms with Gasteiger partial charge >= 0.3 is 0 Å². The molecule has 1 aliphatic rings. The van der Waals surface area contributed by atoms with Crippen LogP contribution < -0.4 is 10.2 Å². The van der Waals surface area contributed by atoms with Crippen molar-refractivity contribution in [3.8, 4) is 0 Å². The van der Waals surface area contributed by atoms with Gasteiger partial charge in [0, 0.05) is 25.3 Å². The van der Waals surface area contributed by atoms with Crippen LogP contribution in [0.5, 0.6) is 0 Å². The monoisotopic (exact) mass is 275 g/mol. The molecule has 1 fully saturated rings. The van der Waals surface area contributed by atoms with Gasteiger partial charge in [0.05, 0.1) is 0 Å². The summed E-state index contributed by atoms with van der Waals surface area (Å²) in [6.07, 6.45) is 5.97. The molecule has 112 valence electrons. The molecule has 1 aromatic rings. The lowest BCUT2D eigenvalue weighted by molar-refractivity contribution is 0.351. The van der Waals surface area contributed by atoms with E-state index in [0.29, 0.717) is 6.04 Å². The zero-order valence-electron chi connectivity index (χ0n) is 13.4. The lowest BCUT2D eigenvalue weighted by Crippen LogP contribution is -2.25. The summed E-state index contributed by atoms with van der Waals surface area (Å²) in [5, 5.41) is 3.25. The molecule has 0 aromatic carbocycles. The van der Waals surface area contributed by atoms with Crippen LogP contribution in [0.4, 0.5) is 5.82 Å². The zero-order valence-corrected chi connectivity index (χ0v) is 13.4. The van der Waals surface area contributed by atoms with E-state index < -0.39 is 0 Å². The van der Waals surface area contributed by atoms with Gasteiger partial charge in [0.1, 0.15) is 5.82 Å². The molecule has 20 heavy (non-hydrogen) atoms. The first-order valence-electron chi connectivity index (χ1n) is 8.00. The van der Waals surface area contributed by atoms with Crippen molar-refractivity contribution in [1.82, 2.24) is 10.3 Å². The van der Waals surface area contributed by atoms with Crippen molar-refractivity contribution in [2.45, 2.75) is 46.1 Å². The second kappa shape index (κ2) is 7.07. The van der Waals surface area contributed by atoms with Crippen molar-refractivity contribution >= 4 is 5.82 Å². The van der Waals surface area contributed by atoms with Gasteiger partial charge in [0.25, 0.3) is 0 Å². The highest BCUT2D eigenvalue weighted by atomic mass is 15.2. The van der Waals surface area contributed by atoms with E-state index in [4.69, 9.17) is 0 Å². The maximum absolute atomic E-state index is 4.67. The highest BCUT2D eigenvalue weighted by Gasteiger charge is 2.20.